The Kier molecular flexibility index (Phi) is 5.64. The Balaban J connectivity index is 1.96. The van der Waals surface area contributed by atoms with E-state index in [0.717, 1.165) is 5.56 Å². The van der Waals surface area contributed by atoms with Gasteiger partial charge >= 0.3 is 0 Å². The minimum atomic E-state index is -0.167. The predicted octanol–water partition coefficient (Wildman–Crippen LogP) is 4.62. The van der Waals surface area contributed by atoms with E-state index in [0.29, 0.717) is 39.0 Å². The molecule has 26 heavy (non-hydrogen) atoms. The highest BCUT2D eigenvalue weighted by Gasteiger charge is 2.10. The fourth-order valence-electron chi connectivity index (χ4n) is 2.38. The van der Waals surface area contributed by atoms with Gasteiger partial charge in [-0.2, -0.15) is 0 Å². The summed E-state index contributed by atoms with van der Waals surface area (Å²) in [5, 5.41) is 0. The molecule has 0 atom stereocenters. The first-order valence-electron chi connectivity index (χ1n) is 8.14. The monoisotopic (exact) mass is 390 g/mol. The standard InChI is InChI=1S/C19H19ClN2O3S/c1-12(2)11-25-18-13(5-4-6-15(18)24-3)7-8-14-9-17(23)22-10-16(20)26-19(22)21-14/h4-10,12H,11H2,1-3H3. The normalized spacial score (nSPS) is 11.6. The van der Waals surface area contributed by atoms with E-state index in [1.54, 1.807) is 19.4 Å². The smallest absolute Gasteiger partial charge is 0.259 e. The molecule has 0 unspecified atom stereocenters. The van der Waals surface area contributed by atoms with Crippen LogP contribution >= 0.6 is 22.9 Å². The van der Waals surface area contributed by atoms with Gasteiger partial charge in [0.15, 0.2) is 16.5 Å². The lowest BCUT2D eigenvalue weighted by Crippen LogP contribution is -2.11. The topological polar surface area (TPSA) is 52.8 Å². The second-order valence-electron chi connectivity index (χ2n) is 6.12. The maximum Gasteiger partial charge on any atom is 0.259 e. The van der Waals surface area contributed by atoms with E-state index >= 15 is 0 Å². The van der Waals surface area contributed by atoms with Gasteiger partial charge in [-0.3, -0.25) is 9.20 Å². The number of fused-ring (bicyclic) bond motifs is 1. The summed E-state index contributed by atoms with van der Waals surface area (Å²) in [5.74, 6) is 1.74. The fourth-order valence-corrected chi connectivity index (χ4v) is 3.41. The molecule has 0 fully saturated rings. The van der Waals surface area contributed by atoms with Gasteiger partial charge in [-0.25, -0.2) is 4.98 Å². The molecule has 0 aliphatic carbocycles. The Morgan fingerprint density at radius 1 is 1.35 bits per heavy atom. The molecule has 2 heterocycles. The number of para-hydroxylation sites is 1. The summed E-state index contributed by atoms with van der Waals surface area (Å²) >= 11 is 7.23. The average Bonchev–Trinajstić information content (AvgIpc) is 2.99. The highest BCUT2D eigenvalue weighted by Crippen LogP contribution is 2.32. The van der Waals surface area contributed by atoms with Crippen molar-refractivity contribution in [2.24, 2.45) is 5.92 Å². The van der Waals surface area contributed by atoms with E-state index in [-0.39, 0.29) is 5.56 Å². The third-order valence-electron chi connectivity index (χ3n) is 3.58. The molecule has 3 aromatic rings. The highest BCUT2D eigenvalue weighted by atomic mass is 35.5. The van der Waals surface area contributed by atoms with Gasteiger partial charge in [0, 0.05) is 17.8 Å². The first kappa shape index (κ1) is 18.5. The molecule has 0 saturated carbocycles. The number of ether oxygens (including phenoxy) is 2. The molecular formula is C19H19ClN2O3S. The van der Waals surface area contributed by atoms with Gasteiger partial charge in [0.1, 0.15) is 4.34 Å². The number of hydrogen-bond acceptors (Lipinski definition) is 5. The summed E-state index contributed by atoms with van der Waals surface area (Å²) in [5.41, 5.74) is 1.25. The minimum Gasteiger partial charge on any atom is -0.493 e. The summed E-state index contributed by atoms with van der Waals surface area (Å²) < 4.78 is 13.3. The van der Waals surface area contributed by atoms with Crippen molar-refractivity contribution in [2.45, 2.75) is 13.8 Å². The van der Waals surface area contributed by atoms with Crippen molar-refractivity contribution in [3.63, 3.8) is 0 Å². The van der Waals surface area contributed by atoms with Crippen molar-refractivity contribution >= 4 is 40.1 Å². The highest BCUT2D eigenvalue weighted by molar-refractivity contribution is 7.20. The first-order valence-corrected chi connectivity index (χ1v) is 9.34. The molecule has 0 bridgehead atoms. The largest absolute Gasteiger partial charge is 0.493 e. The molecule has 0 aliphatic rings. The molecule has 3 rings (SSSR count). The van der Waals surface area contributed by atoms with Crippen molar-refractivity contribution in [3.05, 3.63) is 56.4 Å². The van der Waals surface area contributed by atoms with Crippen LogP contribution < -0.4 is 15.0 Å². The van der Waals surface area contributed by atoms with Gasteiger partial charge in [-0.1, -0.05) is 48.9 Å². The zero-order chi connectivity index (χ0) is 18.7. The maximum atomic E-state index is 12.2. The Bertz CT molecular complexity index is 1010. The zero-order valence-electron chi connectivity index (χ0n) is 14.7. The molecule has 0 aliphatic heterocycles. The molecular weight excluding hydrogens is 372 g/mol. The summed E-state index contributed by atoms with van der Waals surface area (Å²) in [4.78, 5) is 17.2. The number of aromatic nitrogens is 2. The van der Waals surface area contributed by atoms with Crippen LogP contribution in [-0.4, -0.2) is 23.1 Å². The quantitative estimate of drug-likeness (QED) is 0.616. The number of benzene rings is 1. The molecule has 7 heteroatoms. The number of hydrogen-bond donors (Lipinski definition) is 0. The average molecular weight is 391 g/mol. The van der Waals surface area contributed by atoms with Crippen LogP contribution in [0.1, 0.15) is 25.1 Å². The molecule has 0 amide bonds. The van der Waals surface area contributed by atoms with Crippen molar-refractivity contribution in [1.82, 2.24) is 9.38 Å². The summed E-state index contributed by atoms with van der Waals surface area (Å²) in [6.45, 7) is 4.76. The lowest BCUT2D eigenvalue weighted by Gasteiger charge is -2.14. The summed E-state index contributed by atoms with van der Waals surface area (Å²) in [6.07, 6.45) is 5.22. The van der Waals surface area contributed by atoms with Crippen LogP contribution in [0.3, 0.4) is 0 Å². The van der Waals surface area contributed by atoms with Gasteiger partial charge in [0.25, 0.3) is 5.56 Å². The van der Waals surface area contributed by atoms with E-state index in [2.05, 4.69) is 18.8 Å². The zero-order valence-corrected chi connectivity index (χ0v) is 16.3. The predicted molar refractivity (Wildman–Crippen MR) is 107 cm³/mol. The molecule has 2 aromatic heterocycles. The second kappa shape index (κ2) is 7.93. The lowest BCUT2D eigenvalue weighted by atomic mass is 10.1. The molecule has 0 N–H and O–H groups in total. The minimum absolute atomic E-state index is 0.167. The van der Waals surface area contributed by atoms with E-state index in [1.807, 2.05) is 24.3 Å². The third kappa shape index (κ3) is 4.08. The van der Waals surface area contributed by atoms with E-state index < -0.39 is 0 Å². The van der Waals surface area contributed by atoms with Crippen LogP contribution in [0.15, 0.2) is 35.3 Å². The maximum absolute atomic E-state index is 12.2. The Morgan fingerprint density at radius 2 is 2.15 bits per heavy atom. The molecule has 136 valence electrons. The number of thiazole rings is 1. The lowest BCUT2D eigenvalue weighted by molar-refractivity contribution is 0.256. The van der Waals surface area contributed by atoms with E-state index in [1.165, 1.54) is 21.8 Å². The van der Waals surface area contributed by atoms with Crippen molar-refractivity contribution in [2.75, 3.05) is 13.7 Å². The first-order chi connectivity index (χ1) is 12.5. The van der Waals surface area contributed by atoms with Gasteiger partial charge in [-0.15, -0.1) is 0 Å². The van der Waals surface area contributed by atoms with Gasteiger partial charge in [0.05, 0.1) is 19.4 Å². The molecule has 0 radical (unpaired) electrons. The van der Waals surface area contributed by atoms with Crippen LogP contribution in [0.2, 0.25) is 4.34 Å². The molecule has 0 saturated heterocycles. The van der Waals surface area contributed by atoms with Crippen LogP contribution in [0.25, 0.3) is 17.1 Å². The Hall–Kier alpha value is -2.31. The number of methoxy groups -OCH3 is 1. The molecule has 5 nitrogen and oxygen atoms in total. The molecule has 0 spiro atoms. The third-order valence-corrected chi connectivity index (χ3v) is 4.68. The SMILES string of the molecule is COc1cccc(C=Cc2cc(=O)n3cc(Cl)sc3n2)c1OCC(C)C. The van der Waals surface area contributed by atoms with Gasteiger partial charge in [0.2, 0.25) is 0 Å². The number of halogens is 1. The number of nitrogens with zero attached hydrogens (tertiary/aromatic N) is 2. The molecule has 1 aromatic carbocycles. The van der Waals surface area contributed by atoms with Crippen molar-refractivity contribution in [1.29, 1.82) is 0 Å². The van der Waals surface area contributed by atoms with Crippen molar-refractivity contribution in [3.8, 4) is 11.5 Å². The summed E-state index contributed by atoms with van der Waals surface area (Å²) in [7, 11) is 1.61. The van der Waals surface area contributed by atoms with E-state index in [4.69, 9.17) is 21.1 Å². The summed E-state index contributed by atoms with van der Waals surface area (Å²) in [6, 6.07) is 7.16. The Labute approximate surface area is 160 Å². The van der Waals surface area contributed by atoms with Crippen LogP contribution in [0.4, 0.5) is 0 Å². The van der Waals surface area contributed by atoms with Gasteiger partial charge < -0.3 is 9.47 Å². The van der Waals surface area contributed by atoms with E-state index in [9.17, 15) is 4.79 Å². The second-order valence-corrected chi connectivity index (χ2v) is 7.76. The van der Waals surface area contributed by atoms with Crippen LogP contribution in [0.5, 0.6) is 11.5 Å². The van der Waals surface area contributed by atoms with Crippen molar-refractivity contribution < 1.29 is 9.47 Å². The Morgan fingerprint density at radius 3 is 2.88 bits per heavy atom. The van der Waals surface area contributed by atoms with Crippen LogP contribution in [-0.2, 0) is 0 Å². The van der Waals surface area contributed by atoms with Gasteiger partial charge in [-0.05, 0) is 24.1 Å². The number of rotatable bonds is 6. The van der Waals surface area contributed by atoms with Crippen LogP contribution in [0, 0.1) is 5.92 Å². The fraction of sp³-hybridized carbons (Fsp3) is 0.263.